The molecule has 0 N–H and O–H groups in total. The summed E-state index contributed by atoms with van der Waals surface area (Å²) in [5, 5.41) is 0.318. The monoisotopic (exact) mass is 535 g/mol. The van der Waals surface area contributed by atoms with E-state index < -0.39 is 23.6 Å². The van der Waals surface area contributed by atoms with Gasteiger partial charge in [-0.15, -0.1) is 0 Å². The molecule has 174 valence electrons. The first kappa shape index (κ1) is 23.6. The van der Waals surface area contributed by atoms with Gasteiger partial charge in [-0.25, -0.2) is 9.59 Å². The summed E-state index contributed by atoms with van der Waals surface area (Å²) < 4.78 is 23.2. The second-order valence-corrected chi connectivity index (χ2v) is 9.40. The normalized spacial score (nSPS) is 20.3. The molecule has 10 heteroatoms. The van der Waals surface area contributed by atoms with E-state index in [1.165, 1.54) is 18.0 Å². The summed E-state index contributed by atoms with van der Waals surface area (Å²) in [7, 11) is 0. The topological polar surface area (TPSA) is 95.3 Å². The zero-order valence-corrected chi connectivity index (χ0v) is 20.9. The number of nitrogens with zero attached hydrogens (tertiary/aromatic N) is 1. The van der Waals surface area contributed by atoms with Crippen molar-refractivity contribution in [2.75, 3.05) is 13.2 Å². The van der Waals surface area contributed by atoms with Crippen LogP contribution in [0.4, 0.5) is 0 Å². The van der Waals surface area contributed by atoms with E-state index in [1.807, 2.05) is 13.8 Å². The van der Waals surface area contributed by atoms with Gasteiger partial charge in [-0.05, 0) is 55.8 Å². The Morgan fingerprint density at radius 1 is 1.15 bits per heavy atom. The van der Waals surface area contributed by atoms with Crippen molar-refractivity contribution in [3.63, 3.8) is 0 Å². The molecule has 2 aromatic rings. The summed E-state index contributed by atoms with van der Waals surface area (Å²) in [5.74, 6) is -1.46. The molecule has 2 aliphatic rings. The highest BCUT2D eigenvalue weighted by atomic mass is 79.9. The second-order valence-electron chi connectivity index (χ2n) is 7.29. The van der Waals surface area contributed by atoms with Crippen molar-refractivity contribution < 1.29 is 28.2 Å². The number of ether oxygens (including phenoxy) is 3. The van der Waals surface area contributed by atoms with E-state index in [4.69, 9.17) is 18.6 Å². The van der Waals surface area contributed by atoms with Crippen molar-refractivity contribution >= 4 is 50.6 Å². The molecule has 4 rings (SSSR count). The van der Waals surface area contributed by atoms with E-state index in [2.05, 4.69) is 15.9 Å². The molecular formula is C23H22BrNO7S. The molecule has 0 saturated carbocycles. The summed E-state index contributed by atoms with van der Waals surface area (Å²) in [6.45, 7) is 7.26. The molecule has 1 aromatic heterocycles. The Bertz CT molecular complexity index is 1270. The van der Waals surface area contributed by atoms with Gasteiger partial charge in [0.05, 0.1) is 28.6 Å². The van der Waals surface area contributed by atoms with E-state index in [9.17, 15) is 14.4 Å². The highest BCUT2D eigenvalue weighted by Gasteiger charge is 2.48. The van der Waals surface area contributed by atoms with Crippen LogP contribution in [0.25, 0.3) is 11.0 Å². The third-order valence-corrected chi connectivity index (χ3v) is 7.19. The van der Waals surface area contributed by atoms with Crippen LogP contribution in [0.5, 0.6) is 0 Å². The minimum absolute atomic E-state index is 0.00661. The molecule has 3 heterocycles. The lowest BCUT2D eigenvalue weighted by atomic mass is 9.97. The molecule has 0 fully saturated rings. The number of halogens is 1. The molecule has 2 unspecified atom stereocenters. The molecule has 0 bridgehead atoms. The van der Waals surface area contributed by atoms with Gasteiger partial charge in [0.1, 0.15) is 23.6 Å². The molecule has 8 nitrogen and oxygen atoms in total. The molecule has 2 atom stereocenters. The highest BCUT2D eigenvalue weighted by Crippen LogP contribution is 2.49. The molecule has 33 heavy (non-hydrogen) atoms. The summed E-state index contributed by atoms with van der Waals surface area (Å²) in [6.07, 6.45) is 0.0837. The van der Waals surface area contributed by atoms with Crippen molar-refractivity contribution in [2.45, 2.75) is 39.4 Å². The van der Waals surface area contributed by atoms with Gasteiger partial charge in [-0.2, -0.15) is 0 Å². The summed E-state index contributed by atoms with van der Waals surface area (Å²) in [5.41, 5.74) is 0.0980. The Balaban J connectivity index is 1.98. The van der Waals surface area contributed by atoms with Gasteiger partial charge >= 0.3 is 11.9 Å². The smallest absolute Gasteiger partial charge is 0.355 e. The predicted octanol–water partition coefficient (Wildman–Crippen LogP) is 4.59. The fourth-order valence-corrected chi connectivity index (χ4v) is 5.35. The number of carbonyl (C=O) groups is 2. The van der Waals surface area contributed by atoms with Crippen molar-refractivity contribution in [3.05, 3.63) is 66.6 Å². The van der Waals surface area contributed by atoms with E-state index >= 15 is 0 Å². The Morgan fingerprint density at radius 2 is 1.85 bits per heavy atom. The van der Waals surface area contributed by atoms with Crippen LogP contribution >= 0.6 is 27.7 Å². The van der Waals surface area contributed by atoms with Crippen LogP contribution in [0, 0.1) is 0 Å². The minimum Gasteiger partial charge on any atom is -0.462 e. The van der Waals surface area contributed by atoms with Crippen LogP contribution < -0.4 is 5.43 Å². The maximum absolute atomic E-state index is 13.4. The van der Waals surface area contributed by atoms with Gasteiger partial charge in [-0.3, -0.25) is 4.79 Å². The lowest BCUT2D eigenvalue weighted by Gasteiger charge is -2.38. The van der Waals surface area contributed by atoms with Gasteiger partial charge in [0.2, 0.25) is 0 Å². The standard InChI is InChI=1S/C23H22BrNO7S/c1-5-29-21(27)16-17(22(28)30-6-2)25-11(3)12(4)33-23(25)32-20(16)14-10-31-19-13(18(14)26)8-7-9-15(19)24/h7-10,20,23H,5-6H2,1-4H3. The van der Waals surface area contributed by atoms with Crippen LogP contribution in [-0.4, -0.2) is 35.6 Å². The van der Waals surface area contributed by atoms with Gasteiger partial charge < -0.3 is 23.5 Å². The molecule has 1 aromatic carbocycles. The minimum atomic E-state index is -1.18. The quantitative estimate of drug-likeness (QED) is 0.509. The summed E-state index contributed by atoms with van der Waals surface area (Å²) in [4.78, 5) is 42.2. The van der Waals surface area contributed by atoms with Gasteiger partial charge in [-0.1, -0.05) is 17.8 Å². The second kappa shape index (κ2) is 9.36. The van der Waals surface area contributed by atoms with Crippen LogP contribution in [0.2, 0.25) is 0 Å². The fourth-order valence-electron chi connectivity index (χ4n) is 3.79. The first-order valence-electron chi connectivity index (χ1n) is 10.4. The van der Waals surface area contributed by atoms with E-state index in [0.717, 1.165) is 10.6 Å². The highest BCUT2D eigenvalue weighted by molar-refractivity contribution is 9.10. The van der Waals surface area contributed by atoms with E-state index in [-0.39, 0.29) is 35.5 Å². The average molecular weight is 536 g/mol. The van der Waals surface area contributed by atoms with Crippen LogP contribution in [0.1, 0.15) is 39.4 Å². The third-order valence-electron chi connectivity index (χ3n) is 5.39. The predicted molar refractivity (Wildman–Crippen MR) is 126 cm³/mol. The summed E-state index contributed by atoms with van der Waals surface area (Å²) >= 11 is 4.76. The largest absolute Gasteiger partial charge is 0.462 e. The third kappa shape index (κ3) is 4.00. The van der Waals surface area contributed by atoms with Crippen molar-refractivity contribution in [1.82, 2.24) is 4.90 Å². The van der Waals surface area contributed by atoms with Gasteiger partial charge in [0.25, 0.3) is 0 Å². The van der Waals surface area contributed by atoms with Gasteiger partial charge in [0.15, 0.2) is 16.6 Å². The van der Waals surface area contributed by atoms with E-state index in [0.29, 0.717) is 15.4 Å². The van der Waals surface area contributed by atoms with Crippen LogP contribution in [0.3, 0.4) is 0 Å². The fraction of sp³-hybridized carbons (Fsp3) is 0.348. The number of benzene rings is 1. The Hall–Kier alpha value is -2.56. The molecular weight excluding hydrogens is 514 g/mol. The average Bonchev–Trinajstić information content (AvgIpc) is 3.07. The number of hydrogen-bond donors (Lipinski definition) is 0. The zero-order valence-electron chi connectivity index (χ0n) is 18.5. The molecule has 0 amide bonds. The lowest BCUT2D eigenvalue weighted by molar-refractivity contribution is -0.149. The molecule has 0 aliphatic carbocycles. The SMILES string of the molecule is CCOC(=O)C1=C(C(=O)OCC)N2C(C)=C(C)SC2OC1c1coc2c(Br)cccc2c1=O. The first-order valence-corrected chi connectivity index (χ1v) is 12.0. The van der Waals surface area contributed by atoms with Crippen molar-refractivity contribution in [3.8, 4) is 0 Å². The Labute approximate surface area is 202 Å². The lowest BCUT2D eigenvalue weighted by Crippen LogP contribution is -2.43. The van der Waals surface area contributed by atoms with Gasteiger partial charge in [0, 0.05) is 10.6 Å². The van der Waals surface area contributed by atoms with Crippen LogP contribution in [-0.2, 0) is 23.8 Å². The van der Waals surface area contributed by atoms with E-state index in [1.54, 1.807) is 36.9 Å². The number of hydrogen-bond acceptors (Lipinski definition) is 9. The first-order chi connectivity index (χ1) is 15.8. The number of fused-ring (bicyclic) bond motifs is 2. The van der Waals surface area contributed by atoms with Crippen molar-refractivity contribution in [2.24, 2.45) is 0 Å². The number of carbonyl (C=O) groups excluding carboxylic acids is 2. The molecule has 0 saturated heterocycles. The number of rotatable bonds is 5. The number of para-hydroxylation sites is 1. The summed E-state index contributed by atoms with van der Waals surface area (Å²) in [6, 6.07) is 5.10. The van der Waals surface area contributed by atoms with Crippen molar-refractivity contribution in [1.29, 1.82) is 0 Å². The number of allylic oxidation sites excluding steroid dienone is 2. The molecule has 0 spiro atoms. The van der Waals surface area contributed by atoms with Crippen LogP contribution in [0.15, 0.2) is 60.0 Å². The Kier molecular flexibility index (Phi) is 6.69. The number of esters is 2. The zero-order chi connectivity index (χ0) is 23.9. The maximum Gasteiger partial charge on any atom is 0.355 e. The molecule has 2 aliphatic heterocycles. The Morgan fingerprint density at radius 3 is 2.55 bits per heavy atom. The maximum atomic E-state index is 13.4. The number of thioether (sulfide) groups is 1. The molecule has 0 radical (unpaired) electrons.